The van der Waals surface area contributed by atoms with Gasteiger partial charge in [-0.05, 0) is 24.1 Å². The Hall–Kier alpha value is -1.50. The fraction of sp³-hybridized carbons (Fsp3) is 0.500. The monoisotopic (exact) mass is 373 g/mol. The molecule has 0 radical (unpaired) electrons. The van der Waals surface area contributed by atoms with Crippen LogP contribution in [0, 0.1) is 5.92 Å². The second-order valence-corrected chi connectivity index (χ2v) is 6.70. The number of hydrogen-bond acceptors (Lipinski definition) is 3. The average molecular weight is 374 g/mol. The Morgan fingerprint density at radius 2 is 1.83 bits per heavy atom. The van der Waals surface area contributed by atoms with Gasteiger partial charge >= 0.3 is 6.03 Å². The maximum Gasteiger partial charge on any atom is 0.319 e. The number of nitrogens with zero attached hydrogens (tertiary/aromatic N) is 1. The molecule has 8 heteroatoms. The van der Waals surface area contributed by atoms with Gasteiger partial charge in [-0.15, -0.1) is 0 Å². The fourth-order valence-corrected chi connectivity index (χ4v) is 2.67. The molecule has 2 rings (SSSR count). The van der Waals surface area contributed by atoms with Gasteiger partial charge in [0, 0.05) is 18.8 Å². The number of hydrogen-bond donors (Lipinski definition) is 2. The maximum absolute atomic E-state index is 12.6. The normalized spacial score (nSPS) is 16.0. The van der Waals surface area contributed by atoms with Gasteiger partial charge in [0.2, 0.25) is 5.91 Å². The van der Waals surface area contributed by atoms with E-state index in [4.69, 9.17) is 27.9 Å². The Balaban J connectivity index is 1.99. The van der Waals surface area contributed by atoms with Crippen molar-refractivity contribution in [2.24, 2.45) is 5.92 Å². The van der Waals surface area contributed by atoms with Crippen LogP contribution in [0.4, 0.5) is 10.5 Å². The lowest BCUT2D eigenvalue weighted by Gasteiger charge is -2.32. The van der Waals surface area contributed by atoms with Gasteiger partial charge in [-0.25, -0.2) is 4.79 Å². The molecule has 0 unspecified atom stereocenters. The third-order valence-electron chi connectivity index (χ3n) is 3.72. The van der Waals surface area contributed by atoms with E-state index in [1.165, 1.54) is 0 Å². The van der Waals surface area contributed by atoms with Crippen LogP contribution >= 0.6 is 23.2 Å². The van der Waals surface area contributed by atoms with E-state index < -0.39 is 12.1 Å². The summed E-state index contributed by atoms with van der Waals surface area (Å²) in [7, 11) is 0. The summed E-state index contributed by atoms with van der Waals surface area (Å²) >= 11 is 11.8. The third kappa shape index (κ3) is 5.00. The Morgan fingerprint density at radius 3 is 2.42 bits per heavy atom. The number of nitrogens with one attached hydrogen (secondary N) is 2. The van der Waals surface area contributed by atoms with Gasteiger partial charge in [-0.1, -0.05) is 37.0 Å². The molecule has 0 saturated carbocycles. The van der Waals surface area contributed by atoms with E-state index in [2.05, 4.69) is 10.6 Å². The second-order valence-electron chi connectivity index (χ2n) is 5.89. The minimum Gasteiger partial charge on any atom is -0.378 e. The molecule has 2 N–H and O–H groups in total. The molecule has 1 aliphatic rings. The summed E-state index contributed by atoms with van der Waals surface area (Å²) in [6, 6.07) is 3.72. The number of anilines is 1. The van der Waals surface area contributed by atoms with Gasteiger partial charge in [0.15, 0.2) is 0 Å². The first-order valence-electron chi connectivity index (χ1n) is 7.77. The number of carbonyl (C=O) groups excluding carboxylic acids is 2. The molecule has 0 aromatic heterocycles. The lowest BCUT2D eigenvalue weighted by molar-refractivity contribution is -0.138. The second kappa shape index (κ2) is 8.55. The van der Waals surface area contributed by atoms with E-state index in [9.17, 15) is 9.59 Å². The molecule has 1 heterocycles. The number of carbonyl (C=O) groups is 2. The largest absolute Gasteiger partial charge is 0.378 e. The summed E-state index contributed by atoms with van der Waals surface area (Å²) in [6.45, 7) is 5.90. The SMILES string of the molecule is CC(C)[C@@H](NC(=O)Nc1ccc(Cl)c(Cl)c1)C(=O)N1CCOCC1. The van der Waals surface area contributed by atoms with Crippen molar-refractivity contribution in [1.82, 2.24) is 10.2 Å². The molecule has 0 aliphatic carbocycles. The number of ether oxygens (including phenoxy) is 1. The summed E-state index contributed by atoms with van der Waals surface area (Å²) in [5.41, 5.74) is 0.503. The van der Waals surface area contributed by atoms with Gasteiger partial charge < -0.3 is 20.3 Å². The first kappa shape index (κ1) is 18.8. The molecule has 3 amide bonds. The molecule has 0 spiro atoms. The molecule has 1 aromatic rings. The first-order chi connectivity index (χ1) is 11.4. The van der Waals surface area contributed by atoms with E-state index in [0.717, 1.165) is 0 Å². The Kier molecular flexibility index (Phi) is 6.71. The van der Waals surface area contributed by atoms with Crippen LogP contribution in [0.2, 0.25) is 10.0 Å². The minimum atomic E-state index is -0.606. The van der Waals surface area contributed by atoms with E-state index in [1.54, 1.807) is 23.1 Å². The molecule has 1 saturated heterocycles. The van der Waals surface area contributed by atoms with Gasteiger partial charge in [-0.2, -0.15) is 0 Å². The van der Waals surface area contributed by atoms with Gasteiger partial charge in [0.05, 0.1) is 23.3 Å². The summed E-state index contributed by atoms with van der Waals surface area (Å²) in [6.07, 6.45) is 0. The molecule has 6 nitrogen and oxygen atoms in total. The van der Waals surface area contributed by atoms with Gasteiger partial charge in [-0.3, -0.25) is 4.79 Å². The highest BCUT2D eigenvalue weighted by Gasteiger charge is 2.29. The number of benzene rings is 1. The van der Waals surface area contributed by atoms with E-state index in [-0.39, 0.29) is 11.8 Å². The Labute approximate surface area is 151 Å². The van der Waals surface area contributed by atoms with Crippen molar-refractivity contribution < 1.29 is 14.3 Å². The summed E-state index contributed by atoms with van der Waals surface area (Å²) in [5, 5.41) is 6.16. The molecule has 0 bridgehead atoms. The standard InChI is InChI=1S/C16H21Cl2N3O3/c1-10(2)14(15(22)21-5-7-24-8-6-21)20-16(23)19-11-3-4-12(17)13(18)9-11/h3-4,9-10,14H,5-8H2,1-2H3,(H2,19,20,23)/t14-/m1/s1. The molecule has 1 aromatic carbocycles. The van der Waals surface area contributed by atoms with Crippen LogP contribution in [0.1, 0.15) is 13.8 Å². The van der Waals surface area contributed by atoms with Gasteiger partial charge in [0.25, 0.3) is 0 Å². The molecule has 1 atom stereocenters. The van der Waals surface area contributed by atoms with Crippen LogP contribution in [0.5, 0.6) is 0 Å². The number of amides is 3. The zero-order valence-corrected chi connectivity index (χ0v) is 15.2. The summed E-state index contributed by atoms with van der Waals surface area (Å²) < 4.78 is 5.25. The van der Waals surface area contributed by atoms with Crippen LogP contribution in [-0.2, 0) is 9.53 Å². The predicted octanol–water partition coefficient (Wildman–Crippen LogP) is 3.00. The number of halogens is 2. The lowest BCUT2D eigenvalue weighted by Crippen LogP contribution is -2.54. The summed E-state index contributed by atoms with van der Waals surface area (Å²) in [5.74, 6) is -0.141. The van der Waals surface area contributed by atoms with E-state index >= 15 is 0 Å². The van der Waals surface area contributed by atoms with Crippen LogP contribution in [0.3, 0.4) is 0 Å². The van der Waals surface area contributed by atoms with E-state index in [1.807, 2.05) is 13.8 Å². The van der Waals surface area contributed by atoms with Crippen molar-refractivity contribution in [2.45, 2.75) is 19.9 Å². The van der Waals surface area contributed by atoms with Crippen molar-refractivity contribution in [1.29, 1.82) is 0 Å². The van der Waals surface area contributed by atoms with Crippen LogP contribution < -0.4 is 10.6 Å². The average Bonchev–Trinajstić information content (AvgIpc) is 2.56. The topological polar surface area (TPSA) is 70.7 Å². The van der Waals surface area contributed by atoms with Crippen molar-refractivity contribution >= 4 is 40.8 Å². The highest BCUT2D eigenvalue weighted by atomic mass is 35.5. The predicted molar refractivity (Wildman–Crippen MR) is 94.6 cm³/mol. The van der Waals surface area contributed by atoms with Crippen molar-refractivity contribution in [3.63, 3.8) is 0 Å². The molecule has 132 valence electrons. The molecule has 1 fully saturated rings. The Bertz CT molecular complexity index is 604. The van der Waals surface area contributed by atoms with Crippen molar-refractivity contribution in [3.05, 3.63) is 28.2 Å². The van der Waals surface area contributed by atoms with Crippen molar-refractivity contribution in [3.8, 4) is 0 Å². The van der Waals surface area contributed by atoms with Gasteiger partial charge in [0.1, 0.15) is 6.04 Å². The quantitative estimate of drug-likeness (QED) is 0.851. The third-order valence-corrected chi connectivity index (χ3v) is 4.46. The zero-order valence-electron chi connectivity index (χ0n) is 13.6. The Morgan fingerprint density at radius 1 is 1.17 bits per heavy atom. The summed E-state index contributed by atoms with van der Waals surface area (Å²) in [4.78, 5) is 26.5. The first-order valence-corrected chi connectivity index (χ1v) is 8.53. The molecular formula is C16H21Cl2N3O3. The highest BCUT2D eigenvalue weighted by molar-refractivity contribution is 6.42. The smallest absolute Gasteiger partial charge is 0.319 e. The van der Waals surface area contributed by atoms with E-state index in [0.29, 0.717) is 42.0 Å². The highest BCUT2D eigenvalue weighted by Crippen LogP contribution is 2.25. The molecule has 1 aliphatic heterocycles. The van der Waals surface area contributed by atoms with Crippen LogP contribution in [-0.4, -0.2) is 49.2 Å². The number of rotatable bonds is 4. The maximum atomic E-state index is 12.6. The van der Waals surface area contributed by atoms with Crippen LogP contribution in [0.15, 0.2) is 18.2 Å². The number of urea groups is 1. The van der Waals surface area contributed by atoms with Crippen molar-refractivity contribution in [2.75, 3.05) is 31.6 Å². The zero-order chi connectivity index (χ0) is 17.7. The lowest BCUT2D eigenvalue weighted by atomic mass is 10.0. The number of morpholine rings is 1. The van der Waals surface area contributed by atoms with Crippen LogP contribution in [0.25, 0.3) is 0 Å². The molecule has 24 heavy (non-hydrogen) atoms. The minimum absolute atomic E-state index is 0.0418. The fourth-order valence-electron chi connectivity index (χ4n) is 2.38. The molecular weight excluding hydrogens is 353 g/mol.